The van der Waals surface area contributed by atoms with E-state index in [4.69, 9.17) is 4.74 Å². The van der Waals surface area contributed by atoms with E-state index in [0.717, 1.165) is 0 Å². The summed E-state index contributed by atoms with van der Waals surface area (Å²) in [6, 6.07) is 0. The van der Waals surface area contributed by atoms with Gasteiger partial charge in [-0.3, -0.25) is 0 Å². The average Bonchev–Trinajstić information content (AvgIpc) is 1.90. The van der Waals surface area contributed by atoms with Crippen LogP contribution in [0.15, 0.2) is 24.1 Å². The van der Waals surface area contributed by atoms with Crippen molar-refractivity contribution in [1.29, 1.82) is 0 Å². The molecule has 0 spiro atoms. The van der Waals surface area contributed by atoms with E-state index in [0.29, 0.717) is 12.5 Å². The molecule has 1 aliphatic heterocycles. The predicted molar refractivity (Wildman–Crippen MR) is 33.4 cm³/mol. The van der Waals surface area contributed by atoms with Crippen LogP contribution < -0.4 is 5.06 Å². The molecule has 0 aliphatic carbocycles. The monoisotopic (exact) mass is 127 g/mol. The average molecular weight is 127 g/mol. The lowest BCUT2D eigenvalue weighted by atomic mass is 10.4. The summed E-state index contributed by atoms with van der Waals surface area (Å²) in [4.78, 5) is 0. The van der Waals surface area contributed by atoms with Gasteiger partial charge in [-0.25, -0.2) is 0 Å². The van der Waals surface area contributed by atoms with Crippen LogP contribution in [0.3, 0.4) is 0 Å². The highest BCUT2D eigenvalue weighted by Gasteiger charge is 2.02. The van der Waals surface area contributed by atoms with E-state index in [2.05, 4.69) is 0 Å². The maximum absolute atomic E-state index is 10.6. The van der Waals surface area contributed by atoms with Crippen LogP contribution in [0.5, 0.6) is 0 Å². The summed E-state index contributed by atoms with van der Waals surface area (Å²) in [6.07, 6.45) is 5.35. The summed E-state index contributed by atoms with van der Waals surface area (Å²) in [7, 11) is 1.49. The Morgan fingerprint density at radius 1 is 1.78 bits per heavy atom. The third-order valence-corrected chi connectivity index (χ3v) is 1.07. The van der Waals surface area contributed by atoms with Gasteiger partial charge in [-0.1, -0.05) is 6.08 Å². The lowest BCUT2D eigenvalue weighted by Crippen LogP contribution is -3.02. The minimum Gasteiger partial charge on any atom is -0.627 e. The maximum atomic E-state index is 10.6. The number of allylic oxidation sites excluding steroid dienone is 2. The van der Waals surface area contributed by atoms with Gasteiger partial charge in [-0.2, -0.15) is 0 Å². The Kier molecular flexibility index (Phi) is 1.87. The Balaban J connectivity index is 2.57. The van der Waals surface area contributed by atoms with Crippen LogP contribution in [0.4, 0.5) is 0 Å². The minimum absolute atomic E-state index is 0.0145. The molecule has 0 fully saturated rings. The summed E-state index contributed by atoms with van der Waals surface area (Å²) >= 11 is 0. The number of hydroxylamine groups is 2. The quantitative estimate of drug-likeness (QED) is 0.479. The number of quaternary nitrogens is 1. The highest BCUT2D eigenvalue weighted by molar-refractivity contribution is 5.06. The maximum Gasteiger partial charge on any atom is 0.289 e. The van der Waals surface area contributed by atoms with Gasteiger partial charge >= 0.3 is 0 Å². The normalized spacial score (nSPS) is 20.4. The van der Waals surface area contributed by atoms with Gasteiger partial charge in [-0.15, -0.1) is 0 Å². The number of ether oxygens (including phenoxy) is 1. The second kappa shape index (κ2) is 2.66. The molecule has 3 heteroatoms. The summed E-state index contributed by atoms with van der Waals surface area (Å²) in [6.45, 7) is 0.519. The highest BCUT2D eigenvalue weighted by atomic mass is 16.6. The Labute approximate surface area is 53.8 Å². The van der Waals surface area contributed by atoms with E-state index >= 15 is 0 Å². The van der Waals surface area contributed by atoms with Gasteiger partial charge in [0.1, 0.15) is 6.61 Å². The molecule has 3 nitrogen and oxygen atoms in total. The summed E-state index contributed by atoms with van der Waals surface area (Å²) in [5.41, 5.74) is 0. The van der Waals surface area contributed by atoms with Gasteiger partial charge < -0.3 is 15.0 Å². The third kappa shape index (κ3) is 1.55. The molecular weight excluding hydrogens is 118 g/mol. The summed E-state index contributed by atoms with van der Waals surface area (Å²) < 4.78 is 4.96. The van der Waals surface area contributed by atoms with Crippen LogP contribution in [-0.2, 0) is 4.74 Å². The Bertz CT molecular complexity index is 149. The van der Waals surface area contributed by atoms with Gasteiger partial charge in [0.2, 0.25) is 0 Å². The predicted octanol–water partition coefficient (Wildman–Crippen LogP) is -0.573. The van der Waals surface area contributed by atoms with Crippen molar-refractivity contribution in [2.45, 2.75) is 0 Å². The second-order valence-corrected chi connectivity index (χ2v) is 1.83. The SMILES string of the molecule is C[NH+]([O-])C1=CC=CCO1. The first-order chi connectivity index (χ1) is 4.30. The van der Waals surface area contributed by atoms with Crippen LogP contribution >= 0.6 is 0 Å². The third-order valence-electron chi connectivity index (χ3n) is 1.07. The molecule has 0 bridgehead atoms. The van der Waals surface area contributed by atoms with Crippen molar-refractivity contribution in [2.24, 2.45) is 0 Å². The molecule has 0 aromatic rings. The largest absolute Gasteiger partial charge is 0.627 e. The van der Waals surface area contributed by atoms with Gasteiger partial charge in [0.25, 0.3) is 5.88 Å². The first kappa shape index (κ1) is 6.32. The van der Waals surface area contributed by atoms with E-state index in [-0.39, 0.29) is 5.06 Å². The van der Waals surface area contributed by atoms with E-state index < -0.39 is 0 Å². The highest BCUT2D eigenvalue weighted by Crippen LogP contribution is 1.94. The first-order valence-corrected chi connectivity index (χ1v) is 2.81. The molecule has 50 valence electrons. The van der Waals surface area contributed by atoms with Crippen molar-refractivity contribution in [1.82, 2.24) is 0 Å². The van der Waals surface area contributed by atoms with Crippen LogP contribution in [0.25, 0.3) is 0 Å². The fraction of sp³-hybridized carbons (Fsp3) is 0.333. The van der Waals surface area contributed by atoms with Crippen molar-refractivity contribution in [2.75, 3.05) is 13.7 Å². The van der Waals surface area contributed by atoms with E-state index in [1.807, 2.05) is 12.2 Å². The lowest BCUT2D eigenvalue weighted by molar-refractivity contribution is -0.802. The fourth-order valence-corrected chi connectivity index (χ4v) is 0.616. The van der Waals surface area contributed by atoms with Gasteiger partial charge in [0.15, 0.2) is 0 Å². The number of hydrogen-bond acceptors (Lipinski definition) is 2. The minimum atomic E-state index is -0.0145. The molecule has 0 saturated carbocycles. The zero-order valence-corrected chi connectivity index (χ0v) is 5.26. The van der Waals surface area contributed by atoms with E-state index in [1.54, 1.807) is 6.08 Å². The molecule has 1 atom stereocenters. The molecule has 0 amide bonds. The topological polar surface area (TPSA) is 36.7 Å². The first-order valence-electron chi connectivity index (χ1n) is 2.81. The summed E-state index contributed by atoms with van der Waals surface area (Å²) in [5.74, 6) is 0.456. The molecule has 0 aromatic heterocycles. The van der Waals surface area contributed by atoms with Crippen molar-refractivity contribution >= 4 is 0 Å². The number of rotatable bonds is 1. The Morgan fingerprint density at radius 2 is 2.56 bits per heavy atom. The molecule has 0 saturated heterocycles. The molecule has 9 heavy (non-hydrogen) atoms. The second-order valence-electron chi connectivity index (χ2n) is 1.83. The zero-order valence-electron chi connectivity index (χ0n) is 5.26. The van der Waals surface area contributed by atoms with E-state index in [1.165, 1.54) is 7.05 Å². The molecule has 1 rings (SSSR count). The van der Waals surface area contributed by atoms with Crippen LogP contribution in [0.1, 0.15) is 0 Å². The zero-order chi connectivity index (χ0) is 6.69. The number of hydrogen-bond donors (Lipinski definition) is 1. The molecule has 1 N–H and O–H groups in total. The molecule has 1 aliphatic rings. The van der Waals surface area contributed by atoms with Gasteiger partial charge in [0.05, 0.1) is 7.05 Å². The smallest absolute Gasteiger partial charge is 0.289 e. The molecule has 0 aromatic carbocycles. The molecular formula is C6H9NO2. The lowest BCUT2D eigenvalue weighted by Gasteiger charge is -2.19. The summed E-state index contributed by atoms with van der Waals surface area (Å²) in [5, 5.41) is 10.6. The van der Waals surface area contributed by atoms with Crippen LogP contribution in [0, 0.1) is 5.21 Å². The Hall–Kier alpha value is -0.800. The molecule has 1 heterocycles. The number of nitrogens with one attached hydrogen (secondary N) is 1. The van der Waals surface area contributed by atoms with E-state index in [9.17, 15) is 5.21 Å². The fourth-order valence-electron chi connectivity index (χ4n) is 0.616. The molecule has 1 unspecified atom stereocenters. The Morgan fingerprint density at radius 3 is 2.89 bits per heavy atom. The van der Waals surface area contributed by atoms with Gasteiger partial charge in [-0.05, 0) is 6.08 Å². The van der Waals surface area contributed by atoms with Gasteiger partial charge in [0, 0.05) is 6.08 Å². The van der Waals surface area contributed by atoms with Crippen molar-refractivity contribution in [3.8, 4) is 0 Å². The van der Waals surface area contributed by atoms with Crippen LogP contribution in [0.2, 0.25) is 0 Å². The standard InChI is InChI=1S/C6H9NO2/c1-7(8)6-4-2-3-5-9-6/h2-4,7H,5H2,1H3. The van der Waals surface area contributed by atoms with Crippen molar-refractivity contribution < 1.29 is 9.80 Å². The van der Waals surface area contributed by atoms with Crippen molar-refractivity contribution in [3.63, 3.8) is 0 Å². The van der Waals surface area contributed by atoms with Crippen molar-refractivity contribution in [3.05, 3.63) is 29.3 Å². The van der Waals surface area contributed by atoms with Crippen LogP contribution in [-0.4, -0.2) is 13.7 Å². The molecule has 0 radical (unpaired) electrons.